The molecule has 0 unspecified atom stereocenters. The number of carbonyl (C=O) groups is 1. The Balaban J connectivity index is 1.62. The van der Waals surface area contributed by atoms with Crippen LogP contribution in [-0.4, -0.2) is 34.4 Å². The first-order chi connectivity index (χ1) is 15.5. The number of rotatable bonds is 7. The number of benzene rings is 3. The summed E-state index contributed by atoms with van der Waals surface area (Å²) >= 11 is 0. The zero-order valence-electron chi connectivity index (χ0n) is 18.2. The highest BCUT2D eigenvalue weighted by Crippen LogP contribution is 2.16. The Hall–Kier alpha value is -3.93. The maximum absolute atomic E-state index is 13.4. The third kappa shape index (κ3) is 4.70. The van der Waals surface area contributed by atoms with Crippen LogP contribution in [0, 0.1) is 6.92 Å². The monoisotopic (exact) mass is 427 g/mol. The Kier molecular flexibility index (Phi) is 6.31. The molecule has 1 amide bonds. The highest BCUT2D eigenvalue weighted by Gasteiger charge is 2.19. The number of nitrogens with one attached hydrogen (secondary N) is 1. The molecule has 0 aliphatic heterocycles. The van der Waals surface area contributed by atoms with Gasteiger partial charge in [-0.15, -0.1) is 0 Å². The normalized spacial score (nSPS) is 10.8. The number of hydrogen-bond donors (Lipinski definition) is 1. The second kappa shape index (κ2) is 9.47. The van der Waals surface area contributed by atoms with Crippen molar-refractivity contribution in [2.24, 2.45) is 0 Å². The van der Waals surface area contributed by atoms with Gasteiger partial charge in [0.1, 0.15) is 11.6 Å². The number of H-pyrrole nitrogens is 1. The predicted octanol–water partition coefficient (Wildman–Crippen LogP) is 4.13. The molecule has 0 radical (unpaired) electrons. The van der Waals surface area contributed by atoms with E-state index in [1.165, 1.54) is 0 Å². The van der Waals surface area contributed by atoms with Crippen molar-refractivity contribution in [3.63, 3.8) is 0 Å². The fourth-order valence-electron chi connectivity index (χ4n) is 3.68. The number of aromatic amines is 1. The van der Waals surface area contributed by atoms with Gasteiger partial charge in [-0.25, -0.2) is 4.98 Å². The summed E-state index contributed by atoms with van der Waals surface area (Å²) in [5.74, 6) is 1.16. The van der Waals surface area contributed by atoms with Crippen LogP contribution in [0.3, 0.4) is 0 Å². The first-order valence-corrected chi connectivity index (χ1v) is 10.5. The number of carbonyl (C=O) groups excluding carboxylic acids is 1. The maximum atomic E-state index is 13.4. The Morgan fingerprint density at radius 1 is 1.00 bits per heavy atom. The lowest BCUT2D eigenvalue weighted by atomic mass is 10.1. The van der Waals surface area contributed by atoms with Gasteiger partial charge >= 0.3 is 0 Å². The highest BCUT2D eigenvalue weighted by atomic mass is 16.5. The number of methoxy groups -OCH3 is 1. The molecule has 162 valence electrons. The van der Waals surface area contributed by atoms with E-state index >= 15 is 0 Å². The zero-order valence-corrected chi connectivity index (χ0v) is 18.2. The second-order valence-electron chi connectivity index (χ2n) is 7.67. The fourth-order valence-corrected chi connectivity index (χ4v) is 3.68. The second-order valence-corrected chi connectivity index (χ2v) is 7.67. The van der Waals surface area contributed by atoms with Gasteiger partial charge in [0.25, 0.3) is 11.5 Å². The standard InChI is InChI=1S/C26H25N3O3/c1-18-7-3-4-8-21(18)26(31)29(16-15-19-11-13-20(32-2)14-12-19)17-24-27-23-10-6-5-9-22(23)25(30)28-24/h3-14H,15-17H2,1-2H3,(H,27,28,30). The molecule has 0 fully saturated rings. The number of ether oxygens (including phenoxy) is 1. The summed E-state index contributed by atoms with van der Waals surface area (Å²) in [6, 6.07) is 22.5. The van der Waals surface area contributed by atoms with Crippen LogP contribution in [0.4, 0.5) is 0 Å². The Morgan fingerprint density at radius 3 is 2.47 bits per heavy atom. The maximum Gasteiger partial charge on any atom is 0.258 e. The average Bonchev–Trinajstić information content (AvgIpc) is 2.82. The quantitative estimate of drug-likeness (QED) is 0.481. The van der Waals surface area contributed by atoms with E-state index in [-0.39, 0.29) is 18.0 Å². The largest absolute Gasteiger partial charge is 0.497 e. The number of hydrogen-bond acceptors (Lipinski definition) is 4. The lowest BCUT2D eigenvalue weighted by Crippen LogP contribution is -2.34. The van der Waals surface area contributed by atoms with Crippen LogP contribution in [0.1, 0.15) is 27.3 Å². The third-order valence-electron chi connectivity index (χ3n) is 5.49. The Morgan fingerprint density at radius 2 is 1.72 bits per heavy atom. The molecule has 0 saturated heterocycles. The Bertz CT molecular complexity index is 1300. The van der Waals surface area contributed by atoms with Crippen LogP contribution in [0.25, 0.3) is 10.9 Å². The summed E-state index contributed by atoms with van der Waals surface area (Å²) in [6.45, 7) is 2.62. The molecule has 0 atom stereocenters. The molecule has 32 heavy (non-hydrogen) atoms. The van der Waals surface area contributed by atoms with Crippen molar-refractivity contribution in [1.29, 1.82) is 0 Å². The molecular formula is C26H25N3O3. The van der Waals surface area contributed by atoms with Gasteiger partial charge in [-0.05, 0) is 54.8 Å². The van der Waals surface area contributed by atoms with Crippen molar-refractivity contribution in [3.05, 3.63) is 106 Å². The topological polar surface area (TPSA) is 75.3 Å². The highest BCUT2D eigenvalue weighted by molar-refractivity contribution is 5.95. The number of aryl methyl sites for hydroxylation is 1. The molecule has 1 N–H and O–H groups in total. The van der Waals surface area contributed by atoms with Crippen molar-refractivity contribution in [2.75, 3.05) is 13.7 Å². The van der Waals surface area contributed by atoms with Crippen LogP contribution in [0.2, 0.25) is 0 Å². The average molecular weight is 428 g/mol. The molecule has 4 aromatic rings. The van der Waals surface area contributed by atoms with Gasteiger partial charge in [0.05, 0.1) is 24.6 Å². The number of aromatic nitrogens is 2. The lowest BCUT2D eigenvalue weighted by molar-refractivity contribution is 0.0740. The predicted molar refractivity (Wildman–Crippen MR) is 125 cm³/mol. The van der Waals surface area contributed by atoms with E-state index in [0.717, 1.165) is 16.9 Å². The summed E-state index contributed by atoms with van der Waals surface area (Å²) in [5.41, 5.74) is 3.05. The van der Waals surface area contributed by atoms with Crippen molar-refractivity contribution >= 4 is 16.8 Å². The van der Waals surface area contributed by atoms with Gasteiger partial charge in [-0.2, -0.15) is 0 Å². The number of para-hydroxylation sites is 1. The van der Waals surface area contributed by atoms with Crippen LogP contribution in [0.15, 0.2) is 77.6 Å². The third-order valence-corrected chi connectivity index (χ3v) is 5.49. The molecule has 1 aromatic heterocycles. The molecule has 0 aliphatic carbocycles. The number of nitrogens with zero attached hydrogens (tertiary/aromatic N) is 2. The SMILES string of the molecule is COc1ccc(CCN(Cc2nc3ccccc3c(=O)[nH]2)C(=O)c2ccccc2C)cc1. The van der Waals surface area contributed by atoms with Crippen LogP contribution < -0.4 is 10.3 Å². The molecular weight excluding hydrogens is 402 g/mol. The minimum atomic E-state index is -0.205. The number of fused-ring (bicyclic) bond motifs is 1. The van der Waals surface area contributed by atoms with E-state index in [9.17, 15) is 9.59 Å². The molecule has 1 heterocycles. The van der Waals surface area contributed by atoms with E-state index in [1.54, 1.807) is 24.1 Å². The van der Waals surface area contributed by atoms with Gasteiger partial charge in [0, 0.05) is 12.1 Å². The zero-order chi connectivity index (χ0) is 22.5. The minimum absolute atomic E-state index is 0.0904. The van der Waals surface area contributed by atoms with Gasteiger partial charge in [-0.3, -0.25) is 9.59 Å². The lowest BCUT2D eigenvalue weighted by Gasteiger charge is -2.23. The van der Waals surface area contributed by atoms with Crippen LogP contribution >= 0.6 is 0 Å². The van der Waals surface area contributed by atoms with E-state index in [1.807, 2.05) is 67.6 Å². The van der Waals surface area contributed by atoms with Gasteiger partial charge in [0.15, 0.2) is 0 Å². The molecule has 0 spiro atoms. The van der Waals surface area contributed by atoms with Gasteiger partial charge in [0.2, 0.25) is 0 Å². The van der Waals surface area contributed by atoms with Crippen molar-refractivity contribution in [3.8, 4) is 5.75 Å². The van der Waals surface area contributed by atoms with Crippen LogP contribution in [0.5, 0.6) is 5.75 Å². The fraction of sp³-hybridized carbons (Fsp3) is 0.192. The van der Waals surface area contributed by atoms with E-state index in [2.05, 4.69) is 9.97 Å². The van der Waals surface area contributed by atoms with E-state index in [4.69, 9.17) is 4.74 Å². The molecule has 6 heteroatoms. The molecule has 4 rings (SSSR count). The van der Waals surface area contributed by atoms with E-state index in [0.29, 0.717) is 35.3 Å². The summed E-state index contributed by atoms with van der Waals surface area (Å²) in [6.07, 6.45) is 0.666. The van der Waals surface area contributed by atoms with Crippen molar-refractivity contribution < 1.29 is 9.53 Å². The molecule has 3 aromatic carbocycles. The summed E-state index contributed by atoms with van der Waals surface area (Å²) in [7, 11) is 1.63. The Labute approximate surface area is 186 Å². The van der Waals surface area contributed by atoms with Gasteiger partial charge in [-0.1, -0.05) is 42.5 Å². The first-order valence-electron chi connectivity index (χ1n) is 10.5. The smallest absolute Gasteiger partial charge is 0.258 e. The first kappa shape index (κ1) is 21.3. The number of amides is 1. The molecule has 6 nitrogen and oxygen atoms in total. The molecule has 0 bridgehead atoms. The summed E-state index contributed by atoms with van der Waals surface area (Å²) < 4.78 is 5.22. The molecule has 0 saturated carbocycles. The van der Waals surface area contributed by atoms with Gasteiger partial charge < -0.3 is 14.6 Å². The molecule has 0 aliphatic rings. The van der Waals surface area contributed by atoms with Crippen molar-refractivity contribution in [1.82, 2.24) is 14.9 Å². The summed E-state index contributed by atoms with van der Waals surface area (Å²) in [4.78, 5) is 35.1. The minimum Gasteiger partial charge on any atom is -0.497 e. The van der Waals surface area contributed by atoms with Crippen molar-refractivity contribution in [2.45, 2.75) is 19.9 Å². The summed E-state index contributed by atoms with van der Waals surface area (Å²) in [5, 5.41) is 0.534. The van der Waals surface area contributed by atoms with Crippen LogP contribution in [-0.2, 0) is 13.0 Å². The van der Waals surface area contributed by atoms with E-state index < -0.39 is 0 Å².